The van der Waals surface area contributed by atoms with Crippen molar-refractivity contribution in [2.24, 2.45) is 4.99 Å². The summed E-state index contributed by atoms with van der Waals surface area (Å²) in [4.78, 5) is 15.5. The monoisotopic (exact) mass is 250 g/mol. The summed E-state index contributed by atoms with van der Waals surface area (Å²) in [6, 6.07) is 9.30. The van der Waals surface area contributed by atoms with Gasteiger partial charge in [0.05, 0.1) is 17.2 Å². The number of carbonyl (C=O) groups excluding carboxylic acids is 1. The Hall–Kier alpha value is -1.33. The van der Waals surface area contributed by atoms with Crippen LogP contribution in [0.4, 0.5) is 0 Å². The maximum Gasteiger partial charge on any atom is 0.226 e. The third-order valence-electron chi connectivity index (χ3n) is 2.58. The van der Waals surface area contributed by atoms with Gasteiger partial charge in [-0.1, -0.05) is 30.3 Å². The zero-order chi connectivity index (χ0) is 12.3. The second kappa shape index (κ2) is 4.89. The molecule has 1 aliphatic heterocycles. The molecular weight excluding hydrogens is 236 g/mol. The van der Waals surface area contributed by atoms with Crippen LogP contribution in [0.5, 0.6) is 0 Å². The van der Waals surface area contributed by atoms with E-state index in [0.29, 0.717) is 10.8 Å². The molecule has 0 saturated carbocycles. The van der Waals surface area contributed by atoms with Gasteiger partial charge in [-0.05, 0) is 0 Å². The van der Waals surface area contributed by atoms with E-state index < -0.39 is 5.72 Å². The van der Waals surface area contributed by atoms with E-state index >= 15 is 0 Å². The van der Waals surface area contributed by atoms with Crippen molar-refractivity contribution in [2.75, 3.05) is 12.8 Å². The normalized spacial score (nSPS) is 23.3. The molecule has 4 nitrogen and oxygen atoms in total. The summed E-state index contributed by atoms with van der Waals surface area (Å²) in [5.74, 6) is 0.372. The minimum Gasteiger partial charge on any atom is -0.365 e. The predicted octanol–water partition coefficient (Wildman–Crippen LogP) is 1.11. The number of carbonyl (C=O) groups is 1. The lowest BCUT2D eigenvalue weighted by Crippen LogP contribution is -2.23. The molecular formula is C12H14N2O2S. The first kappa shape index (κ1) is 12.1. The average Bonchev–Trinajstić information content (AvgIpc) is 2.73. The van der Waals surface area contributed by atoms with Gasteiger partial charge in [0.2, 0.25) is 5.91 Å². The maximum atomic E-state index is 11.2. The van der Waals surface area contributed by atoms with Crippen LogP contribution < -0.4 is 5.32 Å². The highest BCUT2D eigenvalue weighted by molar-refractivity contribution is 8.14. The first-order chi connectivity index (χ1) is 8.14. The van der Waals surface area contributed by atoms with Crippen molar-refractivity contribution in [3.63, 3.8) is 0 Å². The van der Waals surface area contributed by atoms with E-state index in [4.69, 9.17) is 0 Å². The van der Waals surface area contributed by atoms with E-state index in [9.17, 15) is 9.90 Å². The number of hydrogen-bond donors (Lipinski definition) is 2. The highest BCUT2D eigenvalue weighted by Crippen LogP contribution is 2.35. The second-order valence-electron chi connectivity index (χ2n) is 3.83. The predicted molar refractivity (Wildman–Crippen MR) is 68.9 cm³/mol. The molecule has 0 bridgehead atoms. The van der Waals surface area contributed by atoms with Gasteiger partial charge in [-0.15, -0.1) is 11.8 Å². The van der Waals surface area contributed by atoms with Crippen LogP contribution in [0.3, 0.4) is 0 Å². The molecule has 0 aliphatic carbocycles. The molecule has 0 radical (unpaired) electrons. The van der Waals surface area contributed by atoms with Crippen molar-refractivity contribution in [2.45, 2.75) is 12.1 Å². The molecule has 5 heteroatoms. The van der Waals surface area contributed by atoms with Crippen LogP contribution in [0.2, 0.25) is 0 Å². The summed E-state index contributed by atoms with van der Waals surface area (Å²) in [7, 11) is 1.59. The lowest BCUT2D eigenvalue weighted by molar-refractivity contribution is -0.119. The Balaban J connectivity index is 2.17. The zero-order valence-corrected chi connectivity index (χ0v) is 10.3. The number of thioether (sulfide) groups is 1. The van der Waals surface area contributed by atoms with Crippen LogP contribution >= 0.6 is 11.8 Å². The van der Waals surface area contributed by atoms with Gasteiger partial charge in [0, 0.05) is 12.6 Å². The Kier molecular flexibility index (Phi) is 3.49. The van der Waals surface area contributed by atoms with Gasteiger partial charge in [0.15, 0.2) is 5.72 Å². The SMILES string of the molecule is CNC(=O)CC1=NC(O)(c2ccccc2)CS1. The number of rotatable bonds is 3. The topological polar surface area (TPSA) is 61.7 Å². The summed E-state index contributed by atoms with van der Waals surface area (Å²) >= 11 is 1.43. The van der Waals surface area contributed by atoms with Gasteiger partial charge in [0.25, 0.3) is 0 Å². The highest BCUT2D eigenvalue weighted by Gasteiger charge is 2.35. The number of aliphatic imine (C=N–C) groups is 1. The largest absolute Gasteiger partial charge is 0.365 e. The molecule has 1 atom stereocenters. The summed E-state index contributed by atoms with van der Waals surface area (Å²) in [6.45, 7) is 0. The van der Waals surface area contributed by atoms with Gasteiger partial charge in [0.1, 0.15) is 0 Å². The van der Waals surface area contributed by atoms with E-state index in [0.717, 1.165) is 5.56 Å². The van der Waals surface area contributed by atoms with Crippen LogP contribution in [0, 0.1) is 0 Å². The minimum absolute atomic E-state index is 0.0893. The zero-order valence-electron chi connectivity index (χ0n) is 9.51. The van der Waals surface area contributed by atoms with Crippen molar-refractivity contribution in [1.82, 2.24) is 5.32 Å². The van der Waals surface area contributed by atoms with Crippen molar-refractivity contribution >= 4 is 22.7 Å². The molecule has 90 valence electrons. The van der Waals surface area contributed by atoms with Crippen molar-refractivity contribution in [1.29, 1.82) is 0 Å². The number of benzene rings is 1. The lowest BCUT2D eigenvalue weighted by atomic mass is 10.1. The number of hydrogen-bond acceptors (Lipinski definition) is 4. The van der Waals surface area contributed by atoms with E-state index in [1.165, 1.54) is 11.8 Å². The first-order valence-electron chi connectivity index (χ1n) is 5.34. The molecule has 0 aromatic heterocycles. The Morgan fingerprint density at radius 2 is 2.24 bits per heavy atom. The summed E-state index contributed by atoms with van der Waals surface area (Å²) in [5.41, 5.74) is -0.422. The van der Waals surface area contributed by atoms with Gasteiger partial charge in [-0.2, -0.15) is 0 Å². The Labute approximate surface area is 104 Å². The van der Waals surface area contributed by atoms with Gasteiger partial charge in [-0.25, -0.2) is 4.99 Å². The molecule has 1 aromatic rings. The fourth-order valence-electron chi connectivity index (χ4n) is 1.62. The van der Waals surface area contributed by atoms with Crippen LogP contribution in [-0.2, 0) is 10.5 Å². The fourth-order valence-corrected chi connectivity index (χ4v) is 2.67. The van der Waals surface area contributed by atoms with Crippen molar-refractivity contribution in [3.05, 3.63) is 35.9 Å². The molecule has 1 aromatic carbocycles. The third kappa shape index (κ3) is 2.68. The molecule has 0 spiro atoms. The molecule has 1 heterocycles. The average molecular weight is 250 g/mol. The Morgan fingerprint density at radius 1 is 1.53 bits per heavy atom. The van der Waals surface area contributed by atoms with Crippen LogP contribution in [0.25, 0.3) is 0 Å². The van der Waals surface area contributed by atoms with Crippen molar-refractivity contribution < 1.29 is 9.90 Å². The second-order valence-corrected chi connectivity index (χ2v) is 4.88. The van der Waals surface area contributed by atoms with Gasteiger partial charge < -0.3 is 10.4 Å². The summed E-state index contributed by atoms with van der Waals surface area (Å²) < 4.78 is 0. The Morgan fingerprint density at radius 3 is 2.88 bits per heavy atom. The molecule has 1 unspecified atom stereocenters. The maximum absolute atomic E-state index is 11.2. The number of nitrogens with zero attached hydrogens (tertiary/aromatic N) is 1. The van der Waals surface area contributed by atoms with Gasteiger partial charge in [-0.3, -0.25) is 4.79 Å². The number of nitrogens with one attached hydrogen (secondary N) is 1. The molecule has 17 heavy (non-hydrogen) atoms. The smallest absolute Gasteiger partial charge is 0.226 e. The van der Waals surface area contributed by atoms with E-state index in [2.05, 4.69) is 10.3 Å². The molecule has 1 amide bonds. The summed E-state index contributed by atoms with van der Waals surface area (Å²) in [5, 5.41) is 13.6. The molecule has 1 aliphatic rings. The number of amides is 1. The minimum atomic E-state index is -1.19. The van der Waals surface area contributed by atoms with Crippen molar-refractivity contribution in [3.8, 4) is 0 Å². The van der Waals surface area contributed by atoms with E-state index in [1.54, 1.807) is 7.05 Å². The Bertz CT molecular complexity index is 447. The molecule has 2 N–H and O–H groups in total. The van der Waals surface area contributed by atoms with Crippen LogP contribution in [0.1, 0.15) is 12.0 Å². The fraction of sp³-hybridized carbons (Fsp3) is 0.333. The quantitative estimate of drug-likeness (QED) is 0.845. The molecule has 0 saturated heterocycles. The molecule has 2 rings (SSSR count). The number of aliphatic hydroxyl groups is 1. The van der Waals surface area contributed by atoms with Crippen LogP contribution in [0.15, 0.2) is 35.3 Å². The van der Waals surface area contributed by atoms with E-state index in [1.807, 2.05) is 30.3 Å². The highest BCUT2D eigenvalue weighted by atomic mass is 32.2. The molecule has 0 fully saturated rings. The van der Waals surface area contributed by atoms with E-state index in [-0.39, 0.29) is 12.3 Å². The van der Waals surface area contributed by atoms with Crippen LogP contribution in [-0.4, -0.2) is 28.9 Å². The van der Waals surface area contributed by atoms with Gasteiger partial charge >= 0.3 is 0 Å². The third-order valence-corrected chi connectivity index (χ3v) is 3.69. The lowest BCUT2D eigenvalue weighted by Gasteiger charge is -2.18. The first-order valence-corrected chi connectivity index (χ1v) is 6.32. The standard InChI is InChI=1S/C12H14N2O2S/c1-13-10(15)7-11-14-12(16,8-17-11)9-5-3-2-4-6-9/h2-6,16H,7-8H2,1H3,(H,13,15). The summed E-state index contributed by atoms with van der Waals surface area (Å²) in [6.07, 6.45) is 0.232.